The summed E-state index contributed by atoms with van der Waals surface area (Å²) in [5.74, 6) is 0. The number of furan rings is 1. The summed E-state index contributed by atoms with van der Waals surface area (Å²) in [6.45, 7) is -0.469. The van der Waals surface area contributed by atoms with E-state index in [1.807, 2.05) is 24.3 Å². The minimum Gasteiger partial charge on any atom is -0.456 e. The molecular formula is C53H33FO. The van der Waals surface area contributed by atoms with E-state index >= 15 is 0 Å². The molecule has 0 atom stereocenters. The van der Waals surface area contributed by atoms with Crippen LogP contribution in [0, 0.1) is 0 Å². The summed E-state index contributed by atoms with van der Waals surface area (Å²) in [5, 5.41) is 11.8. The predicted octanol–water partition coefficient (Wildman–Crippen LogP) is 15.3. The highest BCUT2D eigenvalue weighted by molar-refractivity contribution is 6.24. The van der Waals surface area contributed by atoms with Crippen molar-refractivity contribution < 1.29 is 8.81 Å². The van der Waals surface area contributed by atoms with Crippen LogP contribution in [-0.4, -0.2) is 0 Å². The van der Waals surface area contributed by atoms with Gasteiger partial charge in [0.25, 0.3) is 0 Å². The van der Waals surface area contributed by atoms with E-state index in [4.69, 9.17) is 4.42 Å². The Bertz CT molecular complexity index is 3170. The van der Waals surface area contributed by atoms with Crippen LogP contribution < -0.4 is 0 Å². The summed E-state index contributed by atoms with van der Waals surface area (Å²) in [5.41, 5.74) is 11.8. The second kappa shape index (κ2) is 12.5. The largest absolute Gasteiger partial charge is 0.456 e. The van der Waals surface area contributed by atoms with Crippen LogP contribution in [0.4, 0.5) is 4.39 Å². The van der Waals surface area contributed by atoms with Crippen molar-refractivity contribution in [2.75, 3.05) is 0 Å². The topological polar surface area (TPSA) is 13.1 Å². The Kier molecular flexibility index (Phi) is 7.18. The van der Waals surface area contributed by atoms with Gasteiger partial charge in [-0.15, -0.1) is 0 Å². The molecular weight excluding hydrogens is 672 g/mol. The van der Waals surface area contributed by atoms with Crippen LogP contribution in [0.5, 0.6) is 0 Å². The van der Waals surface area contributed by atoms with Crippen molar-refractivity contribution in [2.24, 2.45) is 0 Å². The highest BCUT2D eigenvalue weighted by Crippen LogP contribution is 2.47. The minimum atomic E-state index is -0.469. The number of benzene rings is 10. The van der Waals surface area contributed by atoms with Crippen LogP contribution in [0.1, 0.15) is 5.56 Å². The summed E-state index contributed by atoms with van der Waals surface area (Å²) in [6.07, 6.45) is 0. The average molecular weight is 705 g/mol. The molecule has 0 unspecified atom stereocenters. The molecule has 11 aromatic rings. The number of hydrogen-bond acceptors (Lipinski definition) is 1. The van der Waals surface area contributed by atoms with Crippen LogP contribution in [-0.2, 0) is 6.67 Å². The fourth-order valence-electron chi connectivity index (χ4n) is 8.95. The standard InChI is InChI=1S/C53H33FO/c54-32-33-22-24-35(25-23-33)51-41-16-6-8-18-43(41)52(44-19-9-7-17-42(44)51)36-27-29-48-47(30-36)38-28-26-37(31-49(38)55-48)53-45-20-10-4-14-39(45)50(34-12-2-1-3-13-34)40-15-5-11-21-46(40)53/h1-31H,32H2. The zero-order chi connectivity index (χ0) is 36.5. The van der Waals surface area contributed by atoms with Gasteiger partial charge in [0, 0.05) is 10.8 Å². The number of alkyl halides is 1. The maximum Gasteiger partial charge on any atom is 0.136 e. The van der Waals surface area contributed by atoms with Crippen molar-refractivity contribution in [3.05, 3.63) is 194 Å². The van der Waals surface area contributed by atoms with Gasteiger partial charge in [-0.3, -0.25) is 0 Å². The zero-order valence-electron chi connectivity index (χ0n) is 29.9. The molecule has 10 aromatic carbocycles. The molecule has 0 radical (unpaired) electrons. The van der Waals surface area contributed by atoms with Crippen molar-refractivity contribution in [2.45, 2.75) is 6.67 Å². The molecule has 1 nitrogen and oxygen atoms in total. The Labute approximate surface area is 317 Å². The first-order valence-electron chi connectivity index (χ1n) is 18.8. The first-order valence-corrected chi connectivity index (χ1v) is 18.8. The Hall–Kier alpha value is -7.03. The molecule has 1 aromatic heterocycles. The third-order valence-corrected chi connectivity index (χ3v) is 11.4. The van der Waals surface area contributed by atoms with Crippen LogP contribution in [0.3, 0.4) is 0 Å². The lowest BCUT2D eigenvalue weighted by Gasteiger charge is -2.18. The van der Waals surface area contributed by atoms with Crippen molar-refractivity contribution in [3.63, 3.8) is 0 Å². The van der Waals surface area contributed by atoms with Crippen molar-refractivity contribution in [1.82, 2.24) is 0 Å². The molecule has 258 valence electrons. The SMILES string of the molecule is FCc1ccc(-c2c3ccccc3c(-c3ccc4oc5cc(-c6c7ccccc7c(-c7ccccc7)c7ccccc67)ccc5c4c3)c3ccccc23)cc1. The molecule has 0 saturated carbocycles. The Balaban J connectivity index is 1.11. The molecule has 2 heteroatoms. The monoisotopic (exact) mass is 704 g/mol. The zero-order valence-corrected chi connectivity index (χ0v) is 29.9. The van der Waals surface area contributed by atoms with Gasteiger partial charge in [0.05, 0.1) is 0 Å². The van der Waals surface area contributed by atoms with E-state index in [-0.39, 0.29) is 0 Å². The van der Waals surface area contributed by atoms with Crippen molar-refractivity contribution in [3.8, 4) is 44.5 Å². The molecule has 0 N–H and O–H groups in total. The van der Waals surface area contributed by atoms with Gasteiger partial charge in [-0.05, 0) is 117 Å². The average Bonchev–Trinajstić information content (AvgIpc) is 3.62. The molecule has 0 aliphatic heterocycles. The van der Waals surface area contributed by atoms with Crippen molar-refractivity contribution >= 4 is 65.0 Å². The number of fused-ring (bicyclic) bond motifs is 7. The molecule has 55 heavy (non-hydrogen) atoms. The first-order chi connectivity index (χ1) is 27.2. The fraction of sp³-hybridized carbons (Fsp3) is 0.0189. The van der Waals surface area contributed by atoms with E-state index in [2.05, 4.69) is 164 Å². The molecule has 11 rings (SSSR count). The van der Waals surface area contributed by atoms with Crippen LogP contribution >= 0.6 is 0 Å². The Morgan fingerprint density at radius 2 is 0.673 bits per heavy atom. The highest BCUT2D eigenvalue weighted by atomic mass is 19.1. The lowest BCUT2D eigenvalue weighted by molar-refractivity contribution is 0.485. The molecule has 0 amide bonds. The van der Waals surface area contributed by atoms with E-state index in [0.29, 0.717) is 5.56 Å². The van der Waals surface area contributed by atoms with Crippen LogP contribution in [0.25, 0.3) is 110 Å². The van der Waals surface area contributed by atoms with Gasteiger partial charge in [0.15, 0.2) is 0 Å². The quantitative estimate of drug-likeness (QED) is 0.163. The second-order valence-corrected chi connectivity index (χ2v) is 14.4. The molecule has 1 heterocycles. The summed E-state index contributed by atoms with van der Waals surface area (Å²) >= 11 is 0. The maximum absolute atomic E-state index is 13.5. The van der Waals surface area contributed by atoms with Crippen molar-refractivity contribution in [1.29, 1.82) is 0 Å². The number of halogens is 1. The molecule has 0 spiro atoms. The molecule has 0 aliphatic carbocycles. The minimum absolute atomic E-state index is 0.469. The molecule has 0 aliphatic rings. The van der Waals surface area contributed by atoms with Gasteiger partial charge in [0.2, 0.25) is 0 Å². The summed E-state index contributed by atoms with van der Waals surface area (Å²) in [7, 11) is 0. The second-order valence-electron chi connectivity index (χ2n) is 14.4. The van der Waals surface area contributed by atoms with E-state index in [9.17, 15) is 4.39 Å². The summed E-state index contributed by atoms with van der Waals surface area (Å²) in [4.78, 5) is 0. The first kappa shape index (κ1) is 31.5. The lowest BCUT2D eigenvalue weighted by atomic mass is 9.85. The summed E-state index contributed by atoms with van der Waals surface area (Å²) in [6, 6.07) is 66.7. The highest BCUT2D eigenvalue weighted by Gasteiger charge is 2.20. The van der Waals surface area contributed by atoms with Gasteiger partial charge in [0.1, 0.15) is 17.8 Å². The van der Waals surface area contributed by atoms with Gasteiger partial charge in [-0.25, -0.2) is 4.39 Å². The Morgan fingerprint density at radius 3 is 1.15 bits per heavy atom. The van der Waals surface area contributed by atoms with E-state index in [0.717, 1.165) is 38.6 Å². The lowest BCUT2D eigenvalue weighted by Crippen LogP contribution is -1.91. The van der Waals surface area contributed by atoms with Crippen LogP contribution in [0.15, 0.2) is 192 Å². The van der Waals surface area contributed by atoms with Gasteiger partial charge >= 0.3 is 0 Å². The van der Waals surface area contributed by atoms with Crippen LogP contribution in [0.2, 0.25) is 0 Å². The van der Waals surface area contributed by atoms with E-state index < -0.39 is 6.67 Å². The van der Waals surface area contributed by atoms with Gasteiger partial charge in [-0.1, -0.05) is 164 Å². The number of hydrogen-bond donors (Lipinski definition) is 0. The normalized spacial score (nSPS) is 11.8. The number of rotatable bonds is 5. The summed E-state index contributed by atoms with van der Waals surface area (Å²) < 4.78 is 20.1. The maximum atomic E-state index is 13.5. The van der Waals surface area contributed by atoms with Gasteiger partial charge < -0.3 is 4.42 Å². The Morgan fingerprint density at radius 1 is 0.291 bits per heavy atom. The van der Waals surface area contributed by atoms with E-state index in [1.165, 1.54) is 70.9 Å². The molecule has 0 bridgehead atoms. The smallest absolute Gasteiger partial charge is 0.136 e. The fourth-order valence-corrected chi connectivity index (χ4v) is 8.95. The molecule has 0 saturated heterocycles. The molecule has 0 fully saturated rings. The van der Waals surface area contributed by atoms with E-state index in [1.54, 1.807) is 0 Å². The third-order valence-electron chi connectivity index (χ3n) is 11.4. The predicted molar refractivity (Wildman–Crippen MR) is 230 cm³/mol. The third kappa shape index (κ3) is 4.92. The van der Waals surface area contributed by atoms with Gasteiger partial charge in [-0.2, -0.15) is 0 Å².